The van der Waals surface area contributed by atoms with E-state index in [1.165, 1.54) is 0 Å². The molecule has 1 aliphatic carbocycles. The Balaban J connectivity index is 1.64. The maximum absolute atomic E-state index is 12.9. The third kappa shape index (κ3) is 5.21. The lowest BCUT2D eigenvalue weighted by molar-refractivity contribution is 0.0750. The van der Waals surface area contributed by atoms with Crippen molar-refractivity contribution >= 4 is 36.3 Å². The Labute approximate surface area is 169 Å². The van der Waals surface area contributed by atoms with Crippen molar-refractivity contribution in [3.8, 4) is 0 Å². The quantitative estimate of drug-likeness (QED) is 0.445. The number of aromatic nitrogens is 4. The number of hydrogen-bond donors (Lipinski definition) is 1. The number of halogens is 1. The number of fused-ring (bicyclic) bond motifs is 1. The second kappa shape index (κ2) is 8.24. The van der Waals surface area contributed by atoms with Crippen molar-refractivity contribution in [2.45, 2.75) is 59.3 Å². The van der Waals surface area contributed by atoms with Crippen LogP contribution in [-0.4, -0.2) is 44.7 Å². The van der Waals surface area contributed by atoms with E-state index in [2.05, 4.69) is 15.0 Å². The fourth-order valence-electron chi connectivity index (χ4n) is 3.03. The van der Waals surface area contributed by atoms with Crippen molar-refractivity contribution in [1.82, 2.24) is 19.5 Å². The first-order chi connectivity index (χ1) is 13.1. The number of anilines is 1. The van der Waals surface area contributed by atoms with Gasteiger partial charge in [0.15, 0.2) is 10.8 Å². The van der Waals surface area contributed by atoms with Gasteiger partial charge in [0, 0.05) is 12.0 Å². The fraction of sp³-hybridized carbons (Fsp3) is 0.706. The summed E-state index contributed by atoms with van der Waals surface area (Å²) >= 11 is 6.09. The second-order valence-corrected chi connectivity index (χ2v) is 10.1. The Hall–Kier alpha value is -1.25. The van der Waals surface area contributed by atoms with Crippen LogP contribution >= 0.6 is 19.2 Å². The third-order valence-corrected chi connectivity index (χ3v) is 6.55. The van der Waals surface area contributed by atoms with Crippen LogP contribution in [-0.2, 0) is 24.9 Å². The van der Waals surface area contributed by atoms with Crippen molar-refractivity contribution < 1.29 is 18.3 Å². The SMILES string of the molecule is CC(C)OP(=O)(COCC1(Cn2cnc3c(Cl)nc(N)nc32)CC1)OC(C)C. The van der Waals surface area contributed by atoms with E-state index >= 15 is 0 Å². The number of nitrogens with zero attached hydrogens (tertiary/aromatic N) is 4. The molecule has 0 unspecified atom stereocenters. The molecule has 0 atom stereocenters. The summed E-state index contributed by atoms with van der Waals surface area (Å²) in [6.07, 6.45) is 3.16. The lowest BCUT2D eigenvalue weighted by Gasteiger charge is -2.24. The first-order valence-electron chi connectivity index (χ1n) is 9.29. The highest BCUT2D eigenvalue weighted by atomic mass is 35.5. The highest BCUT2D eigenvalue weighted by Gasteiger charge is 2.44. The fourth-order valence-corrected chi connectivity index (χ4v) is 5.02. The van der Waals surface area contributed by atoms with Crippen molar-refractivity contribution in [2.75, 3.05) is 18.7 Å². The molecule has 2 heterocycles. The van der Waals surface area contributed by atoms with Crippen molar-refractivity contribution in [2.24, 2.45) is 5.41 Å². The van der Waals surface area contributed by atoms with Gasteiger partial charge < -0.3 is 24.1 Å². The predicted molar refractivity (Wildman–Crippen MR) is 107 cm³/mol. The van der Waals surface area contributed by atoms with Gasteiger partial charge in [-0.1, -0.05) is 11.6 Å². The molecule has 0 aromatic carbocycles. The molecule has 0 bridgehead atoms. The lowest BCUT2D eigenvalue weighted by atomic mass is 10.1. The molecular formula is C17H27ClN5O4P. The molecule has 0 amide bonds. The Kier molecular flexibility index (Phi) is 6.32. The van der Waals surface area contributed by atoms with Gasteiger partial charge in [-0.25, -0.2) is 4.98 Å². The van der Waals surface area contributed by atoms with E-state index in [0.717, 1.165) is 12.8 Å². The number of nitrogen functional groups attached to an aromatic ring is 1. The Bertz CT molecular complexity index is 870. The van der Waals surface area contributed by atoms with Crippen LogP contribution < -0.4 is 5.73 Å². The summed E-state index contributed by atoms with van der Waals surface area (Å²) in [6, 6.07) is 0. The minimum Gasteiger partial charge on any atom is -0.368 e. The molecule has 28 heavy (non-hydrogen) atoms. The number of nitrogens with two attached hydrogens (primary N) is 1. The monoisotopic (exact) mass is 431 g/mol. The van der Waals surface area contributed by atoms with Gasteiger partial charge >= 0.3 is 7.60 Å². The van der Waals surface area contributed by atoms with E-state index in [-0.39, 0.29) is 35.1 Å². The smallest absolute Gasteiger partial charge is 0.356 e. The summed E-state index contributed by atoms with van der Waals surface area (Å²) in [6.45, 7) is 8.37. The van der Waals surface area contributed by atoms with E-state index in [9.17, 15) is 4.57 Å². The highest BCUT2D eigenvalue weighted by Crippen LogP contribution is 2.52. The Morgan fingerprint density at radius 3 is 2.46 bits per heavy atom. The van der Waals surface area contributed by atoms with Crippen LogP contribution in [0.4, 0.5) is 5.95 Å². The average molecular weight is 432 g/mol. The lowest BCUT2D eigenvalue weighted by Crippen LogP contribution is -2.20. The minimum atomic E-state index is -3.31. The molecule has 9 nitrogen and oxygen atoms in total. The average Bonchev–Trinajstić information content (AvgIpc) is 3.18. The molecule has 0 aliphatic heterocycles. The number of ether oxygens (including phenoxy) is 1. The van der Waals surface area contributed by atoms with E-state index in [1.807, 2.05) is 32.3 Å². The molecule has 0 radical (unpaired) electrons. The van der Waals surface area contributed by atoms with E-state index < -0.39 is 7.60 Å². The van der Waals surface area contributed by atoms with Gasteiger partial charge in [-0.2, -0.15) is 9.97 Å². The van der Waals surface area contributed by atoms with Crippen molar-refractivity contribution in [3.05, 3.63) is 11.5 Å². The molecule has 0 spiro atoms. The van der Waals surface area contributed by atoms with Gasteiger partial charge in [0.1, 0.15) is 11.9 Å². The summed E-state index contributed by atoms with van der Waals surface area (Å²) in [5.41, 5.74) is 6.76. The molecule has 2 aromatic rings. The van der Waals surface area contributed by atoms with Crippen molar-refractivity contribution in [3.63, 3.8) is 0 Å². The van der Waals surface area contributed by atoms with Crippen LogP contribution in [0.25, 0.3) is 11.2 Å². The van der Waals surface area contributed by atoms with Gasteiger partial charge in [-0.15, -0.1) is 0 Å². The summed E-state index contributed by atoms with van der Waals surface area (Å²) in [7, 11) is -3.31. The summed E-state index contributed by atoms with van der Waals surface area (Å²) in [4.78, 5) is 12.5. The van der Waals surface area contributed by atoms with Crippen LogP contribution in [0.1, 0.15) is 40.5 Å². The zero-order valence-corrected chi connectivity index (χ0v) is 18.2. The van der Waals surface area contributed by atoms with E-state index in [4.69, 9.17) is 31.1 Å². The molecule has 2 aromatic heterocycles. The van der Waals surface area contributed by atoms with Gasteiger partial charge in [0.05, 0.1) is 25.1 Å². The van der Waals surface area contributed by atoms with E-state index in [1.54, 1.807) is 6.33 Å². The van der Waals surface area contributed by atoms with Crippen LogP contribution in [0.5, 0.6) is 0 Å². The molecule has 1 aliphatic rings. The van der Waals surface area contributed by atoms with Crippen molar-refractivity contribution in [1.29, 1.82) is 0 Å². The largest absolute Gasteiger partial charge is 0.368 e. The van der Waals surface area contributed by atoms with Crippen LogP contribution in [0.2, 0.25) is 5.15 Å². The molecule has 3 rings (SSSR count). The predicted octanol–water partition coefficient (Wildman–Crippen LogP) is 3.86. The molecule has 11 heteroatoms. The van der Waals surface area contributed by atoms with Crippen LogP contribution in [0.3, 0.4) is 0 Å². The molecule has 0 saturated heterocycles. The maximum atomic E-state index is 12.9. The molecule has 1 saturated carbocycles. The second-order valence-electron chi connectivity index (χ2n) is 7.81. The van der Waals surface area contributed by atoms with Gasteiger partial charge in [0.2, 0.25) is 5.95 Å². The maximum Gasteiger partial charge on any atom is 0.356 e. The molecular weight excluding hydrogens is 405 g/mol. The molecule has 2 N–H and O–H groups in total. The first kappa shape index (κ1) is 21.5. The highest BCUT2D eigenvalue weighted by molar-refractivity contribution is 7.53. The van der Waals surface area contributed by atoms with Gasteiger partial charge in [-0.05, 0) is 40.5 Å². The third-order valence-electron chi connectivity index (χ3n) is 4.30. The summed E-state index contributed by atoms with van der Waals surface area (Å²) in [5, 5.41) is 0.236. The molecule has 1 fully saturated rings. The Morgan fingerprint density at radius 2 is 1.89 bits per heavy atom. The normalized spacial score (nSPS) is 16.4. The van der Waals surface area contributed by atoms with Crippen LogP contribution in [0.15, 0.2) is 6.33 Å². The zero-order valence-electron chi connectivity index (χ0n) is 16.6. The number of imidazole rings is 1. The van der Waals surface area contributed by atoms with Crippen LogP contribution in [0, 0.1) is 5.41 Å². The Morgan fingerprint density at radius 1 is 1.25 bits per heavy atom. The topological polar surface area (TPSA) is 114 Å². The summed E-state index contributed by atoms with van der Waals surface area (Å²) < 4.78 is 31.6. The van der Waals surface area contributed by atoms with Gasteiger partial charge in [0.25, 0.3) is 0 Å². The minimum absolute atomic E-state index is 0.0691. The molecule has 156 valence electrons. The van der Waals surface area contributed by atoms with Gasteiger partial charge in [-0.3, -0.25) is 4.57 Å². The standard InChI is InChI=1S/C17H27ClN5O4P/c1-11(2)26-28(24,27-12(3)4)10-25-8-17(5-6-17)7-23-9-20-13-14(18)21-16(19)22-15(13)23/h9,11-12H,5-8,10H2,1-4H3,(H2,19,21,22). The van der Waals surface area contributed by atoms with E-state index in [0.29, 0.717) is 24.3 Å². The first-order valence-corrected chi connectivity index (χ1v) is 11.4. The number of hydrogen-bond acceptors (Lipinski definition) is 8. The number of rotatable bonds is 10. The zero-order chi connectivity index (χ0) is 20.5. The summed E-state index contributed by atoms with van der Waals surface area (Å²) in [5.74, 6) is 0.109.